The third kappa shape index (κ3) is 5.96. The predicted molar refractivity (Wildman–Crippen MR) is 110 cm³/mol. The van der Waals surface area contributed by atoms with Gasteiger partial charge in [0.05, 0.1) is 41.1 Å². The summed E-state index contributed by atoms with van der Waals surface area (Å²) in [5.74, 6) is -3.00. The summed E-state index contributed by atoms with van der Waals surface area (Å²) in [6.45, 7) is 4.93. The van der Waals surface area contributed by atoms with Crippen LogP contribution in [-0.2, 0) is 22.6 Å². The Morgan fingerprint density at radius 3 is 2.45 bits per heavy atom. The van der Waals surface area contributed by atoms with Crippen LogP contribution in [0.5, 0.6) is 0 Å². The molecule has 1 fully saturated rings. The molecule has 0 radical (unpaired) electrons. The van der Waals surface area contributed by atoms with Gasteiger partial charge in [0.1, 0.15) is 17.2 Å². The van der Waals surface area contributed by atoms with Crippen molar-refractivity contribution in [1.29, 1.82) is 0 Å². The van der Waals surface area contributed by atoms with Crippen molar-refractivity contribution in [3.8, 4) is 0 Å². The van der Waals surface area contributed by atoms with Crippen LogP contribution in [0.1, 0.15) is 50.1 Å². The van der Waals surface area contributed by atoms with Gasteiger partial charge in [0.2, 0.25) is 0 Å². The molecule has 1 aliphatic rings. The Morgan fingerprint density at radius 1 is 1.19 bits per heavy atom. The smallest absolute Gasteiger partial charge is 0.410 e. The maximum Gasteiger partial charge on any atom is 0.410 e. The van der Waals surface area contributed by atoms with Crippen LogP contribution in [0.4, 0.5) is 13.6 Å². The molecule has 1 amide bonds. The third-order valence-corrected chi connectivity index (χ3v) is 5.28. The number of aliphatic carboxylic acids is 1. The minimum absolute atomic E-state index is 0.0242. The average Bonchev–Trinajstić information content (AvgIpc) is 3.46. The van der Waals surface area contributed by atoms with Crippen molar-refractivity contribution >= 4 is 28.0 Å². The van der Waals surface area contributed by atoms with E-state index in [1.807, 2.05) is 0 Å². The maximum absolute atomic E-state index is 14.3. The molecule has 2 atom stereocenters. The minimum atomic E-state index is -0.862. The molecule has 2 aromatic rings. The number of benzene rings is 1. The van der Waals surface area contributed by atoms with Gasteiger partial charge in [-0.2, -0.15) is 0 Å². The third-order valence-electron chi connectivity index (χ3n) is 4.67. The first-order valence-corrected chi connectivity index (χ1v) is 10.4. The van der Waals surface area contributed by atoms with Crippen molar-refractivity contribution in [1.82, 2.24) is 14.9 Å². The van der Waals surface area contributed by atoms with Crippen LogP contribution in [-0.4, -0.2) is 37.6 Å². The van der Waals surface area contributed by atoms with Gasteiger partial charge in [0.25, 0.3) is 0 Å². The molecule has 1 saturated carbocycles. The summed E-state index contributed by atoms with van der Waals surface area (Å²) in [4.78, 5) is 33.5. The lowest BCUT2D eigenvalue weighted by atomic mass is 10.2. The number of amides is 1. The van der Waals surface area contributed by atoms with E-state index in [2.05, 4.69) is 25.9 Å². The van der Waals surface area contributed by atoms with Crippen molar-refractivity contribution in [2.24, 2.45) is 5.92 Å². The fraction of sp³-hybridized carbons (Fsp3) is 0.429. The van der Waals surface area contributed by atoms with Gasteiger partial charge in [-0.25, -0.2) is 13.6 Å². The minimum Gasteiger partial charge on any atom is -0.481 e. The van der Waals surface area contributed by atoms with Gasteiger partial charge >= 0.3 is 12.1 Å². The summed E-state index contributed by atoms with van der Waals surface area (Å²) in [7, 11) is 0. The van der Waals surface area contributed by atoms with Gasteiger partial charge in [-0.05, 0) is 49.2 Å². The predicted octanol–water partition coefficient (Wildman–Crippen LogP) is 4.64. The van der Waals surface area contributed by atoms with E-state index in [4.69, 9.17) is 9.84 Å². The number of carboxylic acids is 1. The number of halogens is 3. The lowest BCUT2D eigenvalue weighted by molar-refractivity contribution is -0.138. The zero-order chi connectivity index (χ0) is 22.9. The lowest BCUT2D eigenvalue weighted by Gasteiger charge is -2.27. The van der Waals surface area contributed by atoms with Gasteiger partial charge in [0, 0.05) is 23.7 Å². The Labute approximate surface area is 186 Å². The van der Waals surface area contributed by atoms with Crippen LogP contribution in [0.25, 0.3) is 0 Å². The molecule has 0 spiro atoms. The number of nitrogens with zero attached hydrogens (tertiary/aromatic N) is 3. The van der Waals surface area contributed by atoms with E-state index < -0.39 is 35.2 Å². The fourth-order valence-corrected chi connectivity index (χ4v) is 3.42. The molecule has 1 N–H and O–H groups in total. The van der Waals surface area contributed by atoms with Crippen molar-refractivity contribution in [2.45, 2.75) is 51.8 Å². The highest BCUT2D eigenvalue weighted by Gasteiger charge is 2.45. The van der Waals surface area contributed by atoms with E-state index in [1.54, 1.807) is 20.8 Å². The molecule has 0 saturated heterocycles. The Bertz CT molecular complexity index is 995. The second-order valence-corrected chi connectivity index (χ2v) is 9.27. The van der Waals surface area contributed by atoms with Crippen LogP contribution in [0.2, 0.25) is 0 Å². The second kappa shape index (κ2) is 8.86. The van der Waals surface area contributed by atoms with Gasteiger partial charge in [-0.15, -0.1) is 0 Å². The molecule has 2 unspecified atom stereocenters. The molecule has 1 aromatic carbocycles. The number of hydrogen-bond acceptors (Lipinski definition) is 5. The van der Waals surface area contributed by atoms with Gasteiger partial charge in [0.15, 0.2) is 0 Å². The quantitative estimate of drug-likeness (QED) is 0.584. The van der Waals surface area contributed by atoms with Crippen molar-refractivity contribution in [3.63, 3.8) is 0 Å². The van der Waals surface area contributed by atoms with Crippen LogP contribution < -0.4 is 0 Å². The Hall–Kier alpha value is -2.62. The first-order valence-electron chi connectivity index (χ1n) is 9.59. The van der Waals surface area contributed by atoms with Gasteiger partial charge < -0.3 is 9.84 Å². The molecule has 1 aliphatic carbocycles. The monoisotopic (exact) mass is 497 g/mol. The highest BCUT2D eigenvalue weighted by molar-refractivity contribution is 9.10. The van der Waals surface area contributed by atoms with Crippen LogP contribution in [0.15, 0.2) is 29.0 Å². The fourth-order valence-electron chi connectivity index (χ4n) is 3.03. The van der Waals surface area contributed by atoms with Crippen LogP contribution >= 0.6 is 15.9 Å². The number of carbonyl (C=O) groups is 2. The summed E-state index contributed by atoms with van der Waals surface area (Å²) in [5.41, 5.74) is 0.327. The summed E-state index contributed by atoms with van der Waals surface area (Å²) in [6, 6.07) is 2.02. The lowest BCUT2D eigenvalue weighted by Crippen LogP contribution is -2.36. The number of carboxylic acid groups (broad SMARTS) is 1. The molecule has 0 bridgehead atoms. The standard InChI is InChI=1S/C21H22BrF2N3O4/c1-21(2,3)31-20(30)27(9-11-4-15(22)17(24)6-16(11)23)10-12-7-26-18(8-25-12)13-5-14(13)19(28)29/h4,6-8,13-14H,5,9-10H2,1-3H3,(H,28,29). The molecule has 7 nitrogen and oxygen atoms in total. The average molecular weight is 498 g/mol. The SMILES string of the molecule is CC(C)(C)OC(=O)N(Cc1cnc(C2CC2C(=O)O)cn1)Cc1cc(Br)c(F)cc1F. The summed E-state index contributed by atoms with van der Waals surface area (Å²) < 4.78 is 33.3. The number of ether oxygens (including phenoxy) is 1. The molecule has 3 rings (SSSR count). The first-order chi connectivity index (χ1) is 14.4. The first kappa shape index (κ1) is 23.1. The molecular formula is C21H22BrF2N3O4. The van der Waals surface area contributed by atoms with Gasteiger partial charge in [-0.1, -0.05) is 0 Å². The highest BCUT2D eigenvalue weighted by atomic mass is 79.9. The largest absolute Gasteiger partial charge is 0.481 e. The molecule has 0 aliphatic heterocycles. The molecule has 1 heterocycles. The Balaban J connectivity index is 1.79. The number of aromatic nitrogens is 2. The molecular weight excluding hydrogens is 476 g/mol. The van der Waals surface area contributed by atoms with E-state index in [0.717, 1.165) is 6.07 Å². The van der Waals surface area contributed by atoms with Crippen LogP contribution in [0.3, 0.4) is 0 Å². The normalized spacial score (nSPS) is 17.9. The van der Waals surface area contributed by atoms with Crippen molar-refractivity contribution in [3.05, 3.63) is 57.6 Å². The summed E-state index contributed by atoms with van der Waals surface area (Å²) in [6.07, 6.45) is 2.78. The van der Waals surface area contributed by atoms with Crippen LogP contribution in [0, 0.1) is 17.6 Å². The zero-order valence-corrected chi connectivity index (χ0v) is 18.8. The van der Waals surface area contributed by atoms with E-state index in [9.17, 15) is 18.4 Å². The Morgan fingerprint density at radius 2 is 1.90 bits per heavy atom. The second-order valence-electron chi connectivity index (χ2n) is 8.41. The molecule has 1 aromatic heterocycles. The number of hydrogen-bond donors (Lipinski definition) is 1. The van der Waals surface area contributed by atoms with Crippen molar-refractivity contribution in [2.75, 3.05) is 0 Å². The van der Waals surface area contributed by atoms with Crippen molar-refractivity contribution < 1.29 is 28.2 Å². The maximum atomic E-state index is 14.3. The topological polar surface area (TPSA) is 92.6 Å². The summed E-state index contributed by atoms with van der Waals surface area (Å²) in [5, 5.41) is 9.05. The Kier molecular flexibility index (Phi) is 6.59. The molecule has 31 heavy (non-hydrogen) atoms. The number of carbonyl (C=O) groups excluding carboxylic acids is 1. The van der Waals surface area contributed by atoms with E-state index >= 15 is 0 Å². The van der Waals surface area contributed by atoms with E-state index in [-0.39, 0.29) is 29.0 Å². The van der Waals surface area contributed by atoms with Gasteiger partial charge in [-0.3, -0.25) is 19.7 Å². The zero-order valence-electron chi connectivity index (χ0n) is 17.2. The molecule has 10 heteroatoms. The number of rotatable bonds is 6. The molecule has 166 valence electrons. The highest BCUT2D eigenvalue weighted by Crippen LogP contribution is 2.46. The van der Waals surface area contributed by atoms with E-state index in [0.29, 0.717) is 17.8 Å². The summed E-state index contributed by atoms with van der Waals surface area (Å²) >= 11 is 3.02. The van der Waals surface area contributed by atoms with E-state index in [1.165, 1.54) is 23.4 Å².